The Bertz CT molecular complexity index is 476. The summed E-state index contributed by atoms with van der Waals surface area (Å²) in [4.78, 5) is 0. The van der Waals surface area contributed by atoms with Crippen molar-refractivity contribution in [2.75, 3.05) is 5.32 Å². The van der Waals surface area contributed by atoms with Gasteiger partial charge < -0.3 is 9.73 Å². The van der Waals surface area contributed by atoms with Gasteiger partial charge in [-0.25, -0.2) is 0 Å². The third-order valence-electron chi connectivity index (χ3n) is 2.35. The molecule has 1 aromatic heterocycles. The van der Waals surface area contributed by atoms with Gasteiger partial charge in [-0.05, 0) is 5.56 Å². The highest BCUT2D eigenvalue weighted by Crippen LogP contribution is 2.22. The van der Waals surface area contributed by atoms with Gasteiger partial charge in [0.25, 0.3) is 0 Å². The van der Waals surface area contributed by atoms with Crippen molar-refractivity contribution in [1.29, 1.82) is 0 Å². The van der Waals surface area contributed by atoms with Crippen molar-refractivity contribution in [2.45, 2.75) is 32.7 Å². The lowest BCUT2D eigenvalue weighted by molar-refractivity contribution is 0.399. The van der Waals surface area contributed by atoms with Gasteiger partial charge in [-0.2, -0.15) is 0 Å². The standard InChI is InChI=1S/C13H17N3O.ClH/c1-13(2,3)11-15-16-12(17-11)14-9-10-7-5-4-6-8-10;/h4-8H,9H2,1-3H3,(H,14,16);1H. The topological polar surface area (TPSA) is 51.0 Å². The van der Waals surface area contributed by atoms with Crippen molar-refractivity contribution in [1.82, 2.24) is 10.2 Å². The van der Waals surface area contributed by atoms with Crippen LogP contribution >= 0.6 is 12.4 Å². The molecule has 4 nitrogen and oxygen atoms in total. The first-order chi connectivity index (χ1) is 8.05. The van der Waals surface area contributed by atoms with E-state index in [1.54, 1.807) is 0 Å². The maximum atomic E-state index is 5.54. The van der Waals surface area contributed by atoms with E-state index in [-0.39, 0.29) is 17.8 Å². The van der Waals surface area contributed by atoms with E-state index < -0.39 is 0 Å². The van der Waals surface area contributed by atoms with Crippen LogP contribution in [0.2, 0.25) is 0 Å². The zero-order valence-corrected chi connectivity index (χ0v) is 11.6. The number of benzene rings is 1. The second-order valence-corrected chi connectivity index (χ2v) is 5.00. The second kappa shape index (κ2) is 5.87. The minimum absolute atomic E-state index is 0. The number of anilines is 1. The molecule has 5 heteroatoms. The minimum atomic E-state index is -0.111. The summed E-state index contributed by atoms with van der Waals surface area (Å²) in [7, 11) is 0. The van der Waals surface area contributed by atoms with Gasteiger partial charge in [0.2, 0.25) is 5.89 Å². The second-order valence-electron chi connectivity index (χ2n) is 5.00. The van der Waals surface area contributed by atoms with E-state index >= 15 is 0 Å². The third-order valence-corrected chi connectivity index (χ3v) is 2.35. The van der Waals surface area contributed by atoms with Gasteiger partial charge >= 0.3 is 6.01 Å². The lowest BCUT2D eigenvalue weighted by Gasteiger charge is -2.11. The molecule has 0 amide bonds. The number of halogens is 1. The highest BCUT2D eigenvalue weighted by Gasteiger charge is 2.21. The largest absolute Gasteiger partial charge is 0.408 e. The van der Waals surface area contributed by atoms with E-state index in [2.05, 4.69) is 15.5 Å². The van der Waals surface area contributed by atoms with E-state index in [9.17, 15) is 0 Å². The van der Waals surface area contributed by atoms with Gasteiger partial charge in [-0.1, -0.05) is 56.2 Å². The molecule has 0 bridgehead atoms. The molecule has 0 unspecified atom stereocenters. The Kier molecular flexibility index (Phi) is 4.73. The van der Waals surface area contributed by atoms with Crippen molar-refractivity contribution >= 4 is 18.4 Å². The minimum Gasteiger partial charge on any atom is -0.408 e. The molecule has 18 heavy (non-hydrogen) atoms. The van der Waals surface area contributed by atoms with E-state index in [4.69, 9.17) is 4.42 Å². The fourth-order valence-corrected chi connectivity index (χ4v) is 1.37. The van der Waals surface area contributed by atoms with E-state index in [0.29, 0.717) is 18.5 Å². The first-order valence-electron chi connectivity index (χ1n) is 5.67. The Morgan fingerprint density at radius 2 is 1.78 bits per heavy atom. The maximum absolute atomic E-state index is 5.54. The Balaban J connectivity index is 0.00000162. The Hall–Kier alpha value is -1.55. The fraction of sp³-hybridized carbons (Fsp3) is 0.385. The summed E-state index contributed by atoms with van der Waals surface area (Å²) in [6, 6.07) is 10.6. The van der Waals surface area contributed by atoms with Crippen LogP contribution in [0.15, 0.2) is 34.7 Å². The van der Waals surface area contributed by atoms with Gasteiger partial charge in [0.15, 0.2) is 0 Å². The van der Waals surface area contributed by atoms with Crippen molar-refractivity contribution in [2.24, 2.45) is 0 Å². The number of nitrogens with one attached hydrogen (secondary N) is 1. The van der Waals surface area contributed by atoms with Crippen LogP contribution in [0, 0.1) is 0 Å². The van der Waals surface area contributed by atoms with Gasteiger partial charge in [-0.3, -0.25) is 0 Å². The van der Waals surface area contributed by atoms with Crippen LogP contribution in [-0.4, -0.2) is 10.2 Å². The maximum Gasteiger partial charge on any atom is 0.315 e. The zero-order valence-electron chi connectivity index (χ0n) is 10.8. The van der Waals surface area contributed by atoms with Crippen molar-refractivity contribution in [3.63, 3.8) is 0 Å². The van der Waals surface area contributed by atoms with Crippen LogP contribution in [0.3, 0.4) is 0 Å². The third kappa shape index (κ3) is 3.74. The molecule has 0 fully saturated rings. The molecule has 0 aliphatic rings. The summed E-state index contributed by atoms with van der Waals surface area (Å²) in [6.45, 7) is 6.82. The summed E-state index contributed by atoms with van der Waals surface area (Å²) in [5, 5.41) is 11.1. The SMILES string of the molecule is CC(C)(C)c1nnc(NCc2ccccc2)o1.Cl. The predicted molar refractivity (Wildman–Crippen MR) is 74.0 cm³/mol. The number of hydrogen-bond donors (Lipinski definition) is 1. The van der Waals surface area contributed by atoms with Crippen LogP contribution in [0.4, 0.5) is 6.01 Å². The van der Waals surface area contributed by atoms with Crippen LogP contribution in [-0.2, 0) is 12.0 Å². The Morgan fingerprint density at radius 3 is 2.33 bits per heavy atom. The van der Waals surface area contributed by atoms with Gasteiger partial charge in [0.05, 0.1) is 0 Å². The van der Waals surface area contributed by atoms with Crippen LogP contribution in [0.25, 0.3) is 0 Å². The van der Waals surface area contributed by atoms with Gasteiger partial charge in [0.1, 0.15) is 0 Å². The highest BCUT2D eigenvalue weighted by molar-refractivity contribution is 5.85. The lowest BCUT2D eigenvalue weighted by Crippen LogP contribution is -2.11. The number of hydrogen-bond acceptors (Lipinski definition) is 4. The van der Waals surface area contributed by atoms with Crippen LogP contribution in [0.5, 0.6) is 0 Å². The molecule has 1 N–H and O–H groups in total. The normalized spacial score (nSPS) is 10.8. The summed E-state index contributed by atoms with van der Waals surface area (Å²) in [5.74, 6) is 0.646. The molecule has 2 aromatic rings. The first kappa shape index (κ1) is 14.5. The van der Waals surface area contributed by atoms with Crippen molar-refractivity contribution < 1.29 is 4.42 Å². The molecule has 0 saturated carbocycles. The first-order valence-corrected chi connectivity index (χ1v) is 5.67. The molecule has 98 valence electrons. The molecule has 0 saturated heterocycles. The summed E-state index contributed by atoms with van der Waals surface area (Å²) >= 11 is 0. The molecule has 0 aliphatic carbocycles. The summed E-state index contributed by atoms with van der Waals surface area (Å²) < 4.78 is 5.54. The number of nitrogens with zero attached hydrogens (tertiary/aromatic N) is 2. The van der Waals surface area contributed by atoms with Gasteiger partial charge in [-0.15, -0.1) is 17.5 Å². The molecule has 0 aliphatic heterocycles. The zero-order chi connectivity index (χ0) is 12.3. The van der Waals surface area contributed by atoms with E-state index in [1.807, 2.05) is 51.1 Å². The average Bonchev–Trinajstić information content (AvgIpc) is 2.76. The van der Waals surface area contributed by atoms with E-state index in [0.717, 1.165) is 0 Å². The van der Waals surface area contributed by atoms with E-state index in [1.165, 1.54) is 5.56 Å². The highest BCUT2D eigenvalue weighted by atomic mass is 35.5. The molecule has 0 radical (unpaired) electrons. The smallest absolute Gasteiger partial charge is 0.315 e. The summed E-state index contributed by atoms with van der Waals surface area (Å²) in [5.41, 5.74) is 1.07. The monoisotopic (exact) mass is 267 g/mol. The van der Waals surface area contributed by atoms with Crippen molar-refractivity contribution in [3.8, 4) is 0 Å². The molecule has 1 aromatic carbocycles. The molecule has 0 spiro atoms. The molecule has 2 rings (SSSR count). The molecule has 1 heterocycles. The van der Waals surface area contributed by atoms with Crippen molar-refractivity contribution in [3.05, 3.63) is 41.8 Å². The Labute approximate surface area is 113 Å². The molecule has 0 atom stereocenters. The molecular weight excluding hydrogens is 250 g/mol. The lowest BCUT2D eigenvalue weighted by atomic mass is 9.97. The predicted octanol–water partition coefficient (Wildman–Crippen LogP) is 3.40. The summed E-state index contributed by atoms with van der Waals surface area (Å²) in [6.07, 6.45) is 0. The van der Waals surface area contributed by atoms with Crippen LogP contribution in [0.1, 0.15) is 32.2 Å². The van der Waals surface area contributed by atoms with Gasteiger partial charge in [0, 0.05) is 12.0 Å². The number of aromatic nitrogens is 2. The van der Waals surface area contributed by atoms with Crippen LogP contribution < -0.4 is 5.32 Å². The average molecular weight is 268 g/mol. The quantitative estimate of drug-likeness (QED) is 0.926. The number of rotatable bonds is 3. The Morgan fingerprint density at radius 1 is 1.11 bits per heavy atom. The fourth-order valence-electron chi connectivity index (χ4n) is 1.37. The molecular formula is C13H18ClN3O.